The number of amides is 2. The SMILES string of the molecule is CC(C)(C)OC(=O)N1CCC(C(=O)OCC(=O)NCCc2cccc(Cl)c2)CC1. The fraction of sp³-hybridized carbons (Fsp3) is 0.571. The Balaban J connectivity index is 1.64. The van der Waals surface area contributed by atoms with E-state index in [1.54, 1.807) is 11.0 Å². The lowest BCUT2D eigenvalue weighted by atomic mass is 9.97. The van der Waals surface area contributed by atoms with Gasteiger partial charge in [0, 0.05) is 24.7 Å². The van der Waals surface area contributed by atoms with Gasteiger partial charge in [0.1, 0.15) is 5.60 Å². The van der Waals surface area contributed by atoms with E-state index in [4.69, 9.17) is 21.1 Å². The number of nitrogens with one attached hydrogen (secondary N) is 1. The van der Waals surface area contributed by atoms with E-state index >= 15 is 0 Å². The van der Waals surface area contributed by atoms with Crippen molar-refractivity contribution in [1.82, 2.24) is 10.2 Å². The van der Waals surface area contributed by atoms with Crippen LogP contribution in [-0.4, -0.2) is 54.7 Å². The Kier molecular flexibility index (Phi) is 8.32. The summed E-state index contributed by atoms with van der Waals surface area (Å²) < 4.78 is 10.5. The molecule has 0 bridgehead atoms. The minimum absolute atomic E-state index is 0.305. The zero-order valence-electron chi connectivity index (χ0n) is 17.2. The molecule has 29 heavy (non-hydrogen) atoms. The third-order valence-corrected chi connectivity index (χ3v) is 4.69. The molecule has 1 aliphatic rings. The molecular weight excluding hydrogens is 396 g/mol. The Labute approximate surface area is 176 Å². The van der Waals surface area contributed by atoms with E-state index < -0.39 is 11.6 Å². The minimum Gasteiger partial charge on any atom is -0.455 e. The van der Waals surface area contributed by atoms with Crippen molar-refractivity contribution in [1.29, 1.82) is 0 Å². The number of carbonyl (C=O) groups is 3. The normalized spacial score (nSPS) is 15.0. The number of benzene rings is 1. The number of nitrogens with zero attached hydrogens (tertiary/aromatic N) is 1. The van der Waals surface area contributed by atoms with Crippen molar-refractivity contribution in [2.75, 3.05) is 26.2 Å². The fourth-order valence-corrected chi connectivity index (χ4v) is 3.18. The van der Waals surface area contributed by atoms with Crippen molar-refractivity contribution < 1.29 is 23.9 Å². The summed E-state index contributed by atoms with van der Waals surface area (Å²) in [4.78, 5) is 37.7. The predicted molar refractivity (Wildman–Crippen MR) is 110 cm³/mol. The highest BCUT2D eigenvalue weighted by Crippen LogP contribution is 2.20. The summed E-state index contributed by atoms with van der Waals surface area (Å²) in [7, 11) is 0. The number of halogens is 1. The van der Waals surface area contributed by atoms with Crippen LogP contribution in [0, 0.1) is 5.92 Å². The molecule has 1 aromatic rings. The lowest BCUT2D eigenvalue weighted by molar-refractivity contribution is -0.154. The topological polar surface area (TPSA) is 84.9 Å². The van der Waals surface area contributed by atoms with Gasteiger partial charge in [-0.2, -0.15) is 0 Å². The molecule has 8 heteroatoms. The number of likely N-dealkylation sites (tertiary alicyclic amines) is 1. The van der Waals surface area contributed by atoms with Gasteiger partial charge in [-0.3, -0.25) is 9.59 Å². The zero-order chi connectivity index (χ0) is 21.4. The third kappa shape index (κ3) is 8.31. The lowest BCUT2D eigenvalue weighted by Crippen LogP contribution is -2.43. The first kappa shape index (κ1) is 23.0. The molecule has 2 rings (SSSR count). The van der Waals surface area contributed by atoms with Crippen LogP contribution in [0.4, 0.5) is 4.79 Å². The van der Waals surface area contributed by atoms with E-state index in [0.717, 1.165) is 5.56 Å². The van der Waals surface area contributed by atoms with E-state index in [0.29, 0.717) is 43.9 Å². The summed E-state index contributed by atoms with van der Waals surface area (Å²) in [6.45, 7) is 6.44. The van der Waals surface area contributed by atoms with Gasteiger partial charge in [-0.25, -0.2) is 4.79 Å². The van der Waals surface area contributed by atoms with E-state index in [2.05, 4.69) is 5.32 Å². The molecule has 0 radical (unpaired) electrons. The Hall–Kier alpha value is -2.28. The maximum Gasteiger partial charge on any atom is 0.410 e. The number of piperidine rings is 1. The van der Waals surface area contributed by atoms with Crippen LogP contribution in [0.5, 0.6) is 0 Å². The van der Waals surface area contributed by atoms with Gasteiger partial charge >= 0.3 is 12.1 Å². The number of esters is 1. The molecule has 0 aromatic heterocycles. The maximum absolute atomic E-state index is 12.2. The average Bonchev–Trinajstić information content (AvgIpc) is 2.65. The first-order valence-corrected chi connectivity index (χ1v) is 10.2. The van der Waals surface area contributed by atoms with Crippen LogP contribution < -0.4 is 5.32 Å². The first-order valence-electron chi connectivity index (χ1n) is 9.80. The Morgan fingerprint density at radius 3 is 2.52 bits per heavy atom. The standard InChI is InChI=1S/C21H29ClN2O5/c1-21(2,3)29-20(27)24-11-8-16(9-12-24)19(26)28-14-18(25)23-10-7-15-5-4-6-17(22)13-15/h4-6,13,16H,7-12,14H2,1-3H3,(H,23,25). The van der Waals surface area contributed by atoms with Gasteiger partial charge in [-0.05, 0) is 57.7 Å². The van der Waals surface area contributed by atoms with E-state index in [9.17, 15) is 14.4 Å². The quantitative estimate of drug-likeness (QED) is 0.709. The van der Waals surface area contributed by atoms with Crippen LogP contribution in [0.3, 0.4) is 0 Å². The monoisotopic (exact) mass is 424 g/mol. The molecule has 2 amide bonds. The highest BCUT2D eigenvalue weighted by molar-refractivity contribution is 6.30. The minimum atomic E-state index is -0.549. The van der Waals surface area contributed by atoms with Crippen LogP contribution in [-0.2, 0) is 25.5 Å². The second-order valence-corrected chi connectivity index (χ2v) is 8.52. The molecular formula is C21H29ClN2O5. The summed E-state index contributed by atoms with van der Waals surface area (Å²) in [6.07, 6.45) is 1.26. The Bertz CT molecular complexity index is 724. The number of carbonyl (C=O) groups excluding carboxylic acids is 3. The summed E-state index contributed by atoms with van der Waals surface area (Å²) >= 11 is 5.93. The number of hydrogen-bond acceptors (Lipinski definition) is 5. The largest absolute Gasteiger partial charge is 0.455 e. The molecule has 0 aliphatic carbocycles. The Morgan fingerprint density at radius 2 is 1.90 bits per heavy atom. The molecule has 1 aliphatic heterocycles. The predicted octanol–water partition coefficient (Wildman–Crippen LogP) is 3.19. The number of rotatable bonds is 6. The number of ether oxygens (including phenoxy) is 2. The molecule has 0 unspecified atom stereocenters. The summed E-state index contributed by atoms with van der Waals surface area (Å²) in [6, 6.07) is 7.43. The van der Waals surface area contributed by atoms with Crippen LogP contribution in [0.2, 0.25) is 5.02 Å². The van der Waals surface area contributed by atoms with Crippen molar-refractivity contribution in [2.45, 2.75) is 45.6 Å². The fourth-order valence-electron chi connectivity index (χ4n) is 2.97. The van der Waals surface area contributed by atoms with Gasteiger partial charge in [0.15, 0.2) is 6.61 Å². The van der Waals surface area contributed by atoms with Crippen LogP contribution >= 0.6 is 11.6 Å². The van der Waals surface area contributed by atoms with E-state index in [1.165, 1.54) is 0 Å². The third-order valence-electron chi connectivity index (χ3n) is 4.45. The molecule has 1 fully saturated rings. The molecule has 160 valence electrons. The molecule has 1 N–H and O–H groups in total. The number of hydrogen-bond donors (Lipinski definition) is 1. The zero-order valence-corrected chi connectivity index (χ0v) is 18.0. The first-order chi connectivity index (χ1) is 13.6. The molecule has 0 saturated carbocycles. The average molecular weight is 425 g/mol. The molecule has 1 saturated heterocycles. The maximum atomic E-state index is 12.2. The second-order valence-electron chi connectivity index (χ2n) is 8.08. The summed E-state index contributed by atoms with van der Waals surface area (Å²) in [5.74, 6) is -1.06. The van der Waals surface area contributed by atoms with Crippen molar-refractivity contribution >= 4 is 29.6 Å². The van der Waals surface area contributed by atoms with Gasteiger partial charge in [0.05, 0.1) is 5.92 Å². The van der Waals surface area contributed by atoms with E-state index in [1.807, 2.05) is 39.0 Å². The van der Waals surface area contributed by atoms with Crippen LogP contribution in [0.15, 0.2) is 24.3 Å². The van der Waals surface area contributed by atoms with Crippen LogP contribution in [0.1, 0.15) is 39.2 Å². The van der Waals surface area contributed by atoms with Gasteiger partial charge in [0.25, 0.3) is 5.91 Å². The van der Waals surface area contributed by atoms with E-state index in [-0.39, 0.29) is 24.5 Å². The summed E-state index contributed by atoms with van der Waals surface area (Å²) in [5.41, 5.74) is 0.471. The molecule has 1 aromatic carbocycles. The molecule has 1 heterocycles. The van der Waals surface area contributed by atoms with Crippen LogP contribution in [0.25, 0.3) is 0 Å². The molecule has 7 nitrogen and oxygen atoms in total. The summed E-state index contributed by atoms with van der Waals surface area (Å²) in [5, 5.41) is 3.38. The second kappa shape index (κ2) is 10.5. The lowest BCUT2D eigenvalue weighted by Gasteiger charge is -2.32. The van der Waals surface area contributed by atoms with Crippen molar-refractivity contribution in [3.63, 3.8) is 0 Å². The molecule has 0 spiro atoms. The Morgan fingerprint density at radius 1 is 1.21 bits per heavy atom. The van der Waals surface area contributed by atoms with Gasteiger partial charge < -0.3 is 19.7 Å². The highest BCUT2D eigenvalue weighted by atomic mass is 35.5. The molecule has 0 atom stereocenters. The highest BCUT2D eigenvalue weighted by Gasteiger charge is 2.30. The van der Waals surface area contributed by atoms with Gasteiger partial charge in [-0.15, -0.1) is 0 Å². The smallest absolute Gasteiger partial charge is 0.410 e. The van der Waals surface area contributed by atoms with Gasteiger partial charge in [-0.1, -0.05) is 23.7 Å². The van der Waals surface area contributed by atoms with Crippen molar-refractivity contribution in [3.05, 3.63) is 34.9 Å². The van der Waals surface area contributed by atoms with Gasteiger partial charge in [0.2, 0.25) is 0 Å². The van der Waals surface area contributed by atoms with Crippen molar-refractivity contribution in [2.24, 2.45) is 5.92 Å². The van der Waals surface area contributed by atoms with Crippen molar-refractivity contribution in [3.8, 4) is 0 Å².